The molecular weight excluding hydrogens is 364 g/mol. The van der Waals surface area contributed by atoms with Crippen molar-refractivity contribution in [3.8, 4) is 5.75 Å². The van der Waals surface area contributed by atoms with Gasteiger partial charge in [-0.1, -0.05) is 35.6 Å². The van der Waals surface area contributed by atoms with Crippen LogP contribution in [0.3, 0.4) is 0 Å². The number of aromatic nitrogens is 1. The lowest BCUT2D eigenvalue weighted by Crippen LogP contribution is -2.04. The van der Waals surface area contributed by atoms with Crippen molar-refractivity contribution in [3.63, 3.8) is 0 Å². The second-order valence-electron chi connectivity index (χ2n) is 5.78. The Morgan fingerprint density at radius 3 is 2.77 bits per heavy atom. The second kappa shape index (κ2) is 11.2. The maximum Gasteiger partial charge on any atom is 0.125 e. The molecule has 0 saturated carbocycles. The van der Waals surface area contributed by atoms with E-state index in [1.54, 1.807) is 34.9 Å². The minimum atomic E-state index is 0.650. The molecule has 0 unspecified atom stereocenters. The van der Waals surface area contributed by atoms with Gasteiger partial charge in [0.25, 0.3) is 0 Å². The van der Waals surface area contributed by atoms with Gasteiger partial charge in [0.05, 0.1) is 17.3 Å². The Balaban J connectivity index is 1.81. The van der Waals surface area contributed by atoms with Crippen LogP contribution in [0, 0.1) is 13.8 Å². The third-order valence-corrected chi connectivity index (χ3v) is 5.91. The molecule has 0 aliphatic rings. The highest BCUT2D eigenvalue weighted by molar-refractivity contribution is 8.77. The Kier molecular flexibility index (Phi) is 8.88. The van der Waals surface area contributed by atoms with E-state index < -0.39 is 0 Å². The van der Waals surface area contributed by atoms with Crippen molar-refractivity contribution in [2.24, 2.45) is 0 Å². The summed E-state index contributed by atoms with van der Waals surface area (Å²) >= 11 is 0. The molecule has 0 bridgehead atoms. The van der Waals surface area contributed by atoms with Gasteiger partial charge in [0.15, 0.2) is 0 Å². The van der Waals surface area contributed by atoms with E-state index in [2.05, 4.69) is 42.9 Å². The highest BCUT2D eigenvalue weighted by Gasteiger charge is 2.08. The van der Waals surface area contributed by atoms with Crippen LogP contribution in [-0.2, 0) is 10.5 Å². The normalized spacial score (nSPS) is 10.6. The Labute approximate surface area is 164 Å². The molecule has 140 valence electrons. The first kappa shape index (κ1) is 20.7. The molecule has 1 N–H and O–H groups in total. The summed E-state index contributed by atoms with van der Waals surface area (Å²) in [5.41, 5.74) is 4.42. The van der Waals surface area contributed by atoms with Gasteiger partial charge in [0.1, 0.15) is 5.75 Å². The molecule has 0 saturated heterocycles. The van der Waals surface area contributed by atoms with Gasteiger partial charge in [-0.05, 0) is 42.3 Å². The summed E-state index contributed by atoms with van der Waals surface area (Å²) in [5.74, 6) is 1.69. The fraction of sp³-hybridized carbons (Fsp3) is 0.350. The molecule has 2 aromatic rings. The number of benzene rings is 1. The van der Waals surface area contributed by atoms with E-state index in [-0.39, 0.29) is 0 Å². The Morgan fingerprint density at radius 1 is 1.19 bits per heavy atom. The quantitative estimate of drug-likeness (QED) is 0.399. The predicted molar refractivity (Wildman–Crippen MR) is 114 cm³/mol. The molecule has 0 radical (unpaired) electrons. The van der Waals surface area contributed by atoms with Gasteiger partial charge in [-0.2, -0.15) is 0 Å². The number of nitrogens with zero attached hydrogens (tertiary/aromatic N) is 1. The minimum Gasteiger partial charge on any atom is -0.493 e. The summed E-state index contributed by atoms with van der Waals surface area (Å²) < 4.78 is 10.9. The first-order valence-electron chi connectivity index (χ1n) is 8.49. The molecule has 4 nitrogen and oxygen atoms in total. The average molecular weight is 391 g/mol. The fourth-order valence-corrected chi connectivity index (χ4v) is 4.11. The van der Waals surface area contributed by atoms with Crippen LogP contribution in [0.2, 0.25) is 0 Å². The first-order chi connectivity index (χ1) is 12.6. The summed E-state index contributed by atoms with van der Waals surface area (Å²) in [4.78, 5) is 4.49. The molecule has 0 atom stereocenters. The number of methoxy groups -OCH3 is 1. The summed E-state index contributed by atoms with van der Waals surface area (Å²) in [6.45, 7) is 9.59. The van der Waals surface area contributed by atoms with Crippen LogP contribution in [0.4, 0.5) is 5.69 Å². The predicted octanol–water partition coefficient (Wildman–Crippen LogP) is 5.58. The summed E-state index contributed by atoms with van der Waals surface area (Å²) in [5, 5.41) is 4.26. The molecule has 1 aromatic heterocycles. The zero-order valence-electron chi connectivity index (χ0n) is 15.6. The van der Waals surface area contributed by atoms with E-state index in [1.165, 1.54) is 5.56 Å². The largest absolute Gasteiger partial charge is 0.493 e. The minimum absolute atomic E-state index is 0.650. The number of hydrogen-bond acceptors (Lipinski definition) is 6. The number of hydrogen-bond donors (Lipinski definition) is 1. The van der Waals surface area contributed by atoms with Crippen molar-refractivity contribution in [1.29, 1.82) is 0 Å². The van der Waals surface area contributed by atoms with E-state index in [0.29, 0.717) is 13.2 Å². The van der Waals surface area contributed by atoms with Crippen LogP contribution in [0.1, 0.15) is 23.2 Å². The topological polar surface area (TPSA) is 43.4 Å². The van der Waals surface area contributed by atoms with Crippen molar-refractivity contribution >= 4 is 27.3 Å². The zero-order valence-corrected chi connectivity index (χ0v) is 17.2. The Hall–Kier alpha value is -1.63. The molecule has 0 aliphatic heterocycles. The van der Waals surface area contributed by atoms with Crippen LogP contribution in [0.25, 0.3) is 0 Å². The standard InChI is InChI=1S/C20H26N2O2S2/c1-15-8-5-6-9-18(15)22-17(3)26-25-14-19-16(2)20(10-11-21-19)24-13-7-12-23-4/h5-6,8-11,22H,3,7,12-14H2,1-2,4H3. The monoisotopic (exact) mass is 390 g/mol. The Morgan fingerprint density at radius 2 is 2.00 bits per heavy atom. The summed E-state index contributed by atoms with van der Waals surface area (Å²) in [6, 6.07) is 10.1. The van der Waals surface area contributed by atoms with Gasteiger partial charge in [-0.3, -0.25) is 4.98 Å². The van der Waals surface area contributed by atoms with E-state index >= 15 is 0 Å². The second-order valence-corrected chi connectivity index (χ2v) is 8.18. The summed E-state index contributed by atoms with van der Waals surface area (Å²) in [6.07, 6.45) is 2.68. The highest BCUT2D eigenvalue weighted by Crippen LogP contribution is 2.34. The van der Waals surface area contributed by atoms with Crippen molar-refractivity contribution in [2.45, 2.75) is 26.0 Å². The van der Waals surface area contributed by atoms with E-state index in [0.717, 1.165) is 39.9 Å². The van der Waals surface area contributed by atoms with Crippen LogP contribution in [-0.4, -0.2) is 25.3 Å². The van der Waals surface area contributed by atoms with Gasteiger partial charge in [0, 0.05) is 43.3 Å². The van der Waals surface area contributed by atoms with Crippen LogP contribution < -0.4 is 10.1 Å². The van der Waals surface area contributed by atoms with Gasteiger partial charge in [-0.25, -0.2) is 0 Å². The van der Waals surface area contributed by atoms with Gasteiger partial charge < -0.3 is 14.8 Å². The number of ether oxygens (including phenoxy) is 2. The van der Waals surface area contributed by atoms with Crippen LogP contribution in [0.5, 0.6) is 5.75 Å². The van der Waals surface area contributed by atoms with Gasteiger partial charge >= 0.3 is 0 Å². The number of anilines is 1. The third-order valence-electron chi connectivity index (χ3n) is 3.78. The van der Waals surface area contributed by atoms with Crippen molar-refractivity contribution in [3.05, 3.63) is 65.0 Å². The first-order valence-corrected chi connectivity index (χ1v) is 10.8. The van der Waals surface area contributed by atoms with Crippen LogP contribution in [0.15, 0.2) is 48.1 Å². The van der Waals surface area contributed by atoms with E-state index in [1.807, 2.05) is 18.2 Å². The molecule has 0 aliphatic carbocycles. The molecule has 26 heavy (non-hydrogen) atoms. The molecule has 6 heteroatoms. The van der Waals surface area contributed by atoms with Crippen molar-refractivity contribution < 1.29 is 9.47 Å². The Bertz CT molecular complexity index is 723. The molecule has 0 spiro atoms. The number of rotatable bonds is 11. The number of aryl methyl sites for hydroxylation is 1. The lowest BCUT2D eigenvalue weighted by molar-refractivity contribution is 0.172. The molecule has 2 rings (SSSR count). The lowest BCUT2D eigenvalue weighted by atomic mass is 10.2. The van der Waals surface area contributed by atoms with Crippen molar-refractivity contribution in [2.75, 3.05) is 25.6 Å². The van der Waals surface area contributed by atoms with Crippen molar-refractivity contribution in [1.82, 2.24) is 4.98 Å². The molecule has 0 amide bonds. The third kappa shape index (κ3) is 6.59. The fourth-order valence-electron chi connectivity index (χ4n) is 2.29. The SMILES string of the molecule is C=C(Nc1ccccc1C)SSCc1nccc(OCCCOC)c1C. The number of pyridine rings is 1. The van der Waals surface area contributed by atoms with E-state index in [4.69, 9.17) is 9.47 Å². The summed E-state index contributed by atoms with van der Waals surface area (Å²) in [7, 11) is 5.04. The zero-order chi connectivity index (χ0) is 18.8. The maximum absolute atomic E-state index is 5.83. The van der Waals surface area contributed by atoms with Crippen LogP contribution >= 0.6 is 21.6 Å². The molecule has 1 aromatic carbocycles. The molecule has 1 heterocycles. The highest BCUT2D eigenvalue weighted by atomic mass is 33.1. The maximum atomic E-state index is 5.83. The van der Waals surface area contributed by atoms with Gasteiger partial charge in [-0.15, -0.1) is 0 Å². The van der Waals surface area contributed by atoms with E-state index in [9.17, 15) is 0 Å². The molecule has 0 fully saturated rings. The molecular formula is C20H26N2O2S2. The number of para-hydroxylation sites is 1. The van der Waals surface area contributed by atoms with Gasteiger partial charge in [0.2, 0.25) is 0 Å². The number of nitrogens with one attached hydrogen (secondary N) is 1. The average Bonchev–Trinajstić information content (AvgIpc) is 2.63. The lowest BCUT2D eigenvalue weighted by Gasteiger charge is -2.13. The smallest absolute Gasteiger partial charge is 0.125 e.